The Bertz CT molecular complexity index is 1310. The molecule has 3 rings (SSSR count). The summed E-state index contributed by atoms with van der Waals surface area (Å²) >= 11 is 0. The minimum atomic E-state index is -4.53. The van der Waals surface area contributed by atoms with Crippen LogP contribution in [0.25, 0.3) is 0 Å². The molecular formula is C23H26F3N3O5S2. The van der Waals surface area contributed by atoms with Gasteiger partial charge in [0.25, 0.3) is 0 Å². The molecule has 1 aliphatic heterocycles. The lowest BCUT2D eigenvalue weighted by molar-refractivity contribution is -0.138. The number of nitrogens with one attached hydrogen (secondary N) is 2. The van der Waals surface area contributed by atoms with E-state index in [1.54, 1.807) is 0 Å². The highest BCUT2D eigenvalue weighted by Crippen LogP contribution is 2.31. The van der Waals surface area contributed by atoms with Gasteiger partial charge in [0.15, 0.2) is 0 Å². The number of hydrogen-bond donors (Lipinski definition) is 2. The lowest BCUT2D eigenvalue weighted by Gasteiger charge is -2.17. The third-order valence-corrected chi connectivity index (χ3v) is 8.65. The van der Waals surface area contributed by atoms with E-state index in [0.717, 1.165) is 11.5 Å². The number of carbonyl (C=O) groups excluding carboxylic acids is 1. The highest BCUT2D eigenvalue weighted by molar-refractivity contribution is 7.92. The maximum atomic E-state index is 13.1. The van der Waals surface area contributed by atoms with E-state index in [1.165, 1.54) is 46.8 Å². The van der Waals surface area contributed by atoms with Crippen LogP contribution in [0.15, 0.2) is 65.4 Å². The molecule has 1 fully saturated rings. The topological polar surface area (TPSA) is 113 Å². The van der Waals surface area contributed by atoms with Crippen molar-refractivity contribution in [2.75, 3.05) is 19.6 Å². The van der Waals surface area contributed by atoms with Gasteiger partial charge in [0, 0.05) is 31.6 Å². The summed E-state index contributed by atoms with van der Waals surface area (Å²) in [6.45, 7) is 3.42. The van der Waals surface area contributed by atoms with E-state index in [1.807, 2.05) is 0 Å². The SMILES string of the molecule is C=CS(=O)(=O)NC[C@H]1CCN(S(=O)(=O)c2ccc(CC(=O)NCc3ccccc3C(F)(F)F)cc2)C1. The molecule has 2 N–H and O–H groups in total. The zero-order valence-electron chi connectivity index (χ0n) is 19.2. The maximum Gasteiger partial charge on any atom is 0.416 e. The van der Waals surface area contributed by atoms with Crippen molar-refractivity contribution in [2.45, 2.75) is 30.5 Å². The summed E-state index contributed by atoms with van der Waals surface area (Å²) in [4.78, 5) is 12.3. The highest BCUT2D eigenvalue weighted by atomic mass is 32.2. The maximum absolute atomic E-state index is 13.1. The number of amides is 1. The minimum Gasteiger partial charge on any atom is -0.352 e. The highest BCUT2D eigenvalue weighted by Gasteiger charge is 2.34. The first-order valence-electron chi connectivity index (χ1n) is 10.9. The monoisotopic (exact) mass is 545 g/mol. The van der Waals surface area contributed by atoms with Crippen LogP contribution >= 0.6 is 0 Å². The summed E-state index contributed by atoms with van der Waals surface area (Å²) in [5.41, 5.74) is -0.378. The van der Waals surface area contributed by atoms with Crippen LogP contribution in [0.3, 0.4) is 0 Å². The van der Waals surface area contributed by atoms with Crippen LogP contribution in [-0.4, -0.2) is 46.7 Å². The second kappa shape index (κ2) is 11.1. The second-order valence-electron chi connectivity index (χ2n) is 8.33. The molecule has 1 amide bonds. The van der Waals surface area contributed by atoms with Crippen molar-refractivity contribution in [3.63, 3.8) is 0 Å². The number of benzene rings is 2. The van der Waals surface area contributed by atoms with Crippen LogP contribution in [0, 0.1) is 5.92 Å². The Morgan fingerprint density at radius 2 is 1.75 bits per heavy atom. The lowest BCUT2D eigenvalue weighted by Crippen LogP contribution is -2.32. The standard InChI is InChI=1S/C23H26F3N3O5S2/c1-2-35(31,32)28-14-18-11-12-29(16-18)36(33,34)20-9-7-17(8-10-20)13-22(30)27-15-19-5-3-4-6-21(19)23(24,25)26/h2-10,18,28H,1,11-16H2,(H,27,30)/t18-/m1/s1. The molecule has 36 heavy (non-hydrogen) atoms. The molecular weight excluding hydrogens is 519 g/mol. The van der Waals surface area contributed by atoms with Gasteiger partial charge in [-0.25, -0.2) is 21.6 Å². The fraction of sp³-hybridized carbons (Fsp3) is 0.348. The fourth-order valence-corrected chi connectivity index (χ4v) is 5.91. The molecule has 0 saturated carbocycles. The number of halogens is 3. The molecule has 0 bridgehead atoms. The number of hydrogen-bond acceptors (Lipinski definition) is 5. The Labute approximate surface area is 208 Å². The first kappa shape index (κ1) is 27.8. The van der Waals surface area contributed by atoms with Gasteiger partial charge in [-0.05, 0) is 41.7 Å². The van der Waals surface area contributed by atoms with Crippen molar-refractivity contribution in [1.82, 2.24) is 14.3 Å². The molecule has 0 spiro atoms. The zero-order valence-corrected chi connectivity index (χ0v) is 20.8. The van der Waals surface area contributed by atoms with Gasteiger partial charge in [-0.2, -0.15) is 17.5 Å². The summed E-state index contributed by atoms with van der Waals surface area (Å²) in [6.07, 6.45) is -4.17. The Hall–Kier alpha value is -2.74. The molecule has 13 heteroatoms. The Morgan fingerprint density at radius 1 is 1.08 bits per heavy atom. The molecule has 1 aliphatic rings. The van der Waals surface area contributed by atoms with Gasteiger partial charge >= 0.3 is 6.18 Å². The van der Waals surface area contributed by atoms with Crippen molar-refractivity contribution in [1.29, 1.82) is 0 Å². The first-order valence-corrected chi connectivity index (χ1v) is 13.9. The predicted octanol–water partition coefficient (Wildman–Crippen LogP) is 2.64. The van der Waals surface area contributed by atoms with E-state index < -0.39 is 37.7 Å². The normalized spacial score (nSPS) is 17.1. The lowest BCUT2D eigenvalue weighted by atomic mass is 10.1. The quantitative estimate of drug-likeness (QED) is 0.477. The third-order valence-electron chi connectivity index (χ3n) is 5.77. The van der Waals surface area contributed by atoms with Gasteiger partial charge in [0.1, 0.15) is 0 Å². The van der Waals surface area contributed by atoms with Gasteiger partial charge in [0.2, 0.25) is 26.0 Å². The molecule has 8 nitrogen and oxygen atoms in total. The van der Waals surface area contributed by atoms with Crippen LogP contribution in [0.5, 0.6) is 0 Å². The third kappa shape index (κ3) is 7.15. The van der Waals surface area contributed by atoms with E-state index in [-0.39, 0.29) is 49.0 Å². The van der Waals surface area contributed by atoms with Gasteiger partial charge < -0.3 is 5.32 Å². The molecule has 1 atom stereocenters. The van der Waals surface area contributed by atoms with Crippen LogP contribution in [0.2, 0.25) is 0 Å². The summed E-state index contributed by atoms with van der Waals surface area (Å²) < 4.78 is 91.8. The predicted molar refractivity (Wildman–Crippen MR) is 127 cm³/mol. The molecule has 196 valence electrons. The van der Waals surface area contributed by atoms with Crippen LogP contribution in [0.4, 0.5) is 13.2 Å². The zero-order chi connectivity index (χ0) is 26.6. The molecule has 1 heterocycles. The number of rotatable bonds is 10. The van der Waals surface area contributed by atoms with Crippen LogP contribution < -0.4 is 10.0 Å². The molecule has 0 aromatic heterocycles. The molecule has 2 aromatic rings. The molecule has 0 radical (unpaired) electrons. The number of carbonyl (C=O) groups is 1. The van der Waals surface area contributed by atoms with Gasteiger partial charge in [-0.15, -0.1) is 0 Å². The average molecular weight is 546 g/mol. The van der Waals surface area contributed by atoms with Crippen LogP contribution in [0.1, 0.15) is 23.1 Å². The minimum absolute atomic E-state index is 0.0260. The molecule has 0 unspecified atom stereocenters. The number of alkyl halides is 3. The summed E-state index contributed by atoms with van der Waals surface area (Å²) in [6, 6.07) is 10.6. The van der Waals surface area contributed by atoms with E-state index in [0.29, 0.717) is 12.0 Å². The first-order chi connectivity index (χ1) is 16.8. The number of nitrogens with zero attached hydrogens (tertiary/aromatic N) is 1. The summed E-state index contributed by atoms with van der Waals surface area (Å²) in [7, 11) is -7.40. The van der Waals surface area contributed by atoms with Crippen molar-refractivity contribution >= 4 is 26.0 Å². The second-order valence-corrected chi connectivity index (χ2v) is 12.0. The fourth-order valence-electron chi connectivity index (χ4n) is 3.80. The smallest absolute Gasteiger partial charge is 0.352 e. The summed E-state index contributed by atoms with van der Waals surface area (Å²) in [5, 5.41) is 3.25. The Kier molecular flexibility index (Phi) is 8.59. The summed E-state index contributed by atoms with van der Waals surface area (Å²) in [5.74, 6) is -0.688. The van der Waals surface area contributed by atoms with Crippen molar-refractivity contribution in [3.8, 4) is 0 Å². The van der Waals surface area contributed by atoms with Crippen LogP contribution in [-0.2, 0) is 44.0 Å². The van der Waals surface area contributed by atoms with Crippen molar-refractivity contribution in [2.24, 2.45) is 5.92 Å². The Morgan fingerprint density at radius 3 is 2.39 bits per heavy atom. The van der Waals surface area contributed by atoms with Gasteiger partial charge in [-0.1, -0.05) is 36.9 Å². The molecule has 0 aliphatic carbocycles. The average Bonchev–Trinajstić information content (AvgIpc) is 3.32. The largest absolute Gasteiger partial charge is 0.416 e. The molecule has 1 saturated heterocycles. The van der Waals surface area contributed by atoms with E-state index >= 15 is 0 Å². The van der Waals surface area contributed by atoms with E-state index in [9.17, 15) is 34.8 Å². The Balaban J connectivity index is 1.56. The van der Waals surface area contributed by atoms with E-state index in [4.69, 9.17) is 0 Å². The van der Waals surface area contributed by atoms with Crippen molar-refractivity contribution < 1.29 is 34.8 Å². The number of sulfonamides is 2. The van der Waals surface area contributed by atoms with Gasteiger partial charge in [0.05, 0.1) is 16.9 Å². The van der Waals surface area contributed by atoms with Gasteiger partial charge in [-0.3, -0.25) is 4.79 Å². The van der Waals surface area contributed by atoms with E-state index in [2.05, 4.69) is 16.6 Å². The molecule has 2 aromatic carbocycles. The van der Waals surface area contributed by atoms with Crippen molar-refractivity contribution in [3.05, 3.63) is 77.2 Å².